The number of aliphatic imine (C=N–C) groups is 1. The van der Waals surface area contributed by atoms with Gasteiger partial charge in [0.25, 0.3) is 0 Å². The molecule has 27 heavy (non-hydrogen) atoms. The molecule has 7 heteroatoms. The number of guanidine groups is 1. The van der Waals surface area contributed by atoms with Gasteiger partial charge in [0.05, 0.1) is 19.4 Å². The minimum atomic E-state index is -0.116. The second kappa shape index (κ2) is 12.8. The Morgan fingerprint density at radius 3 is 2.74 bits per heavy atom. The number of ether oxygens (including phenoxy) is 1. The van der Waals surface area contributed by atoms with Crippen LogP contribution in [-0.4, -0.2) is 42.0 Å². The normalized spacial score (nSPS) is 12.7. The second-order valence-corrected chi connectivity index (χ2v) is 6.26. The summed E-state index contributed by atoms with van der Waals surface area (Å²) in [5, 5.41) is 13.5. The number of benzene rings is 1. The third-order valence-corrected chi connectivity index (χ3v) is 3.94. The topological polar surface area (TPSA) is 108 Å². The number of aromatic amines is 1. The highest BCUT2D eigenvalue weighted by Crippen LogP contribution is 2.22. The van der Waals surface area contributed by atoms with Crippen molar-refractivity contribution in [2.24, 2.45) is 15.8 Å². The number of aliphatic hydroxyl groups is 1. The minimum absolute atomic E-state index is 0.116. The van der Waals surface area contributed by atoms with E-state index in [-0.39, 0.29) is 6.10 Å². The Morgan fingerprint density at radius 1 is 1.37 bits per heavy atom. The number of rotatable bonds is 8. The number of aliphatic hydroxyl groups excluding tert-OH is 1. The van der Waals surface area contributed by atoms with Crippen LogP contribution in [0.4, 0.5) is 0 Å². The first-order valence-corrected chi connectivity index (χ1v) is 9.43. The molecule has 0 saturated heterocycles. The van der Waals surface area contributed by atoms with Crippen molar-refractivity contribution >= 4 is 23.1 Å². The minimum Gasteiger partial charge on any atom is -0.497 e. The Morgan fingerprint density at radius 2 is 2.11 bits per heavy atom. The molecule has 5 N–H and O–H groups in total. The first kappa shape index (κ1) is 22.5. The van der Waals surface area contributed by atoms with E-state index in [2.05, 4.69) is 27.4 Å². The number of hydrazone groups is 1. The summed E-state index contributed by atoms with van der Waals surface area (Å²) in [6.07, 6.45) is 7.74. The first-order valence-electron chi connectivity index (χ1n) is 9.43. The largest absolute Gasteiger partial charge is 0.497 e. The van der Waals surface area contributed by atoms with Gasteiger partial charge in [-0.15, -0.1) is 0 Å². The van der Waals surface area contributed by atoms with E-state index < -0.39 is 0 Å². The summed E-state index contributed by atoms with van der Waals surface area (Å²) in [6.45, 7) is 6.61. The van der Waals surface area contributed by atoms with Crippen molar-refractivity contribution < 1.29 is 9.84 Å². The highest BCUT2D eigenvalue weighted by molar-refractivity contribution is 5.99. The van der Waals surface area contributed by atoms with Crippen LogP contribution < -0.4 is 15.9 Å². The monoisotopic (exact) mass is 375 g/mol. The van der Waals surface area contributed by atoms with Gasteiger partial charge in [0.15, 0.2) is 0 Å². The maximum atomic E-state index is 8.36. The average Bonchev–Trinajstić information content (AvgIpc) is 3.08. The van der Waals surface area contributed by atoms with Gasteiger partial charge in [0, 0.05) is 29.2 Å². The number of hydrogen-bond acceptors (Lipinski definition) is 4. The summed E-state index contributed by atoms with van der Waals surface area (Å²) in [5.41, 5.74) is 10.5. The SMILES string of the molecule is CCC(C)O.CCCCCN=C(N)N/N=C/c1c[nH]c2ccc(OC)cc12. The standard InChI is InChI=1S/C16H23N5O.C4H10O/c1-3-4-5-8-18-16(17)21-20-11-12-10-19-15-7-6-13(22-2)9-14(12)15;1-3-4(2)5/h6-7,9-11,19H,3-5,8H2,1-2H3,(H3,17,18,21);4-5H,3H2,1-2H3/b20-11+;. The predicted octanol–water partition coefficient (Wildman–Crippen LogP) is 3.38. The van der Waals surface area contributed by atoms with Gasteiger partial charge in [0.1, 0.15) is 5.75 Å². The lowest BCUT2D eigenvalue weighted by molar-refractivity contribution is 0.191. The van der Waals surface area contributed by atoms with E-state index in [1.165, 1.54) is 6.42 Å². The molecule has 0 radical (unpaired) electrons. The molecule has 1 unspecified atom stereocenters. The number of methoxy groups -OCH3 is 1. The van der Waals surface area contributed by atoms with Crippen molar-refractivity contribution in [1.82, 2.24) is 10.4 Å². The molecule has 0 aliphatic heterocycles. The van der Waals surface area contributed by atoms with Gasteiger partial charge in [0.2, 0.25) is 5.96 Å². The predicted molar refractivity (Wildman–Crippen MR) is 114 cm³/mol. The van der Waals surface area contributed by atoms with E-state index in [0.29, 0.717) is 5.96 Å². The smallest absolute Gasteiger partial charge is 0.209 e. The molecule has 0 amide bonds. The van der Waals surface area contributed by atoms with E-state index in [9.17, 15) is 0 Å². The molecule has 0 saturated carbocycles. The van der Waals surface area contributed by atoms with Gasteiger partial charge in [-0.3, -0.25) is 4.99 Å². The van der Waals surface area contributed by atoms with Crippen molar-refractivity contribution in [3.05, 3.63) is 30.0 Å². The molecule has 0 aliphatic carbocycles. The molecule has 0 aliphatic rings. The number of unbranched alkanes of at least 4 members (excludes halogenated alkanes) is 2. The summed E-state index contributed by atoms with van der Waals surface area (Å²) in [7, 11) is 1.65. The van der Waals surface area contributed by atoms with Crippen LogP contribution in [-0.2, 0) is 0 Å². The van der Waals surface area contributed by atoms with E-state index in [4.69, 9.17) is 15.6 Å². The van der Waals surface area contributed by atoms with Crippen LogP contribution in [0, 0.1) is 0 Å². The fourth-order valence-electron chi connectivity index (χ4n) is 2.12. The molecule has 0 fully saturated rings. The molecule has 1 aromatic carbocycles. The number of aromatic nitrogens is 1. The van der Waals surface area contributed by atoms with Gasteiger partial charge in [-0.2, -0.15) is 5.10 Å². The Balaban J connectivity index is 0.000000646. The molecule has 0 spiro atoms. The lowest BCUT2D eigenvalue weighted by Gasteiger charge is -2.00. The third kappa shape index (κ3) is 8.59. The van der Waals surface area contributed by atoms with E-state index >= 15 is 0 Å². The van der Waals surface area contributed by atoms with Crippen molar-refractivity contribution in [2.45, 2.75) is 52.6 Å². The zero-order chi connectivity index (χ0) is 20.1. The van der Waals surface area contributed by atoms with Gasteiger partial charge >= 0.3 is 0 Å². The number of nitrogens with one attached hydrogen (secondary N) is 2. The maximum Gasteiger partial charge on any atom is 0.209 e. The highest BCUT2D eigenvalue weighted by Gasteiger charge is 2.03. The van der Waals surface area contributed by atoms with Crippen LogP contribution in [0.2, 0.25) is 0 Å². The Bertz CT molecular complexity index is 722. The van der Waals surface area contributed by atoms with Crippen molar-refractivity contribution in [3.8, 4) is 5.75 Å². The molecule has 2 aromatic rings. The number of nitrogens with zero attached hydrogens (tertiary/aromatic N) is 2. The van der Waals surface area contributed by atoms with Crippen LogP contribution in [0.5, 0.6) is 5.75 Å². The quantitative estimate of drug-likeness (QED) is 0.245. The Kier molecular flexibility index (Phi) is 10.6. The molecule has 0 bridgehead atoms. The summed E-state index contributed by atoms with van der Waals surface area (Å²) >= 11 is 0. The van der Waals surface area contributed by atoms with Crippen molar-refractivity contribution in [1.29, 1.82) is 0 Å². The summed E-state index contributed by atoms with van der Waals surface area (Å²) < 4.78 is 5.24. The van der Waals surface area contributed by atoms with E-state index in [1.54, 1.807) is 20.2 Å². The van der Waals surface area contributed by atoms with Gasteiger partial charge in [-0.1, -0.05) is 26.7 Å². The molecule has 1 heterocycles. The molecule has 1 atom stereocenters. The number of nitrogens with two attached hydrogens (primary N) is 1. The zero-order valence-corrected chi connectivity index (χ0v) is 16.8. The molecule has 1 aromatic heterocycles. The molecular weight excluding hydrogens is 342 g/mol. The fourth-order valence-corrected chi connectivity index (χ4v) is 2.12. The van der Waals surface area contributed by atoms with Crippen LogP contribution >= 0.6 is 0 Å². The highest BCUT2D eigenvalue weighted by atomic mass is 16.5. The zero-order valence-electron chi connectivity index (χ0n) is 16.8. The fraction of sp³-hybridized carbons (Fsp3) is 0.500. The average molecular weight is 376 g/mol. The van der Waals surface area contributed by atoms with Crippen LogP contribution in [0.25, 0.3) is 10.9 Å². The number of H-pyrrole nitrogens is 1. The lowest BCUT2D eigenvalue weighted by atomic mass is 10.2. The molecule has 2 rings (SSSR count). The number of fused-ring (bicyclic) bond motifs is 1. The summed E-state index contributed by atoms with van der Waals surface area (Å²) in [5.74, 6) is 1.15. The van der Waals surface area contributed by atoms with Crippen molar-refractivity contribution in [3.63, 3.8) is 0 Å². The Labute approximate surface area is 161 Å². The van der Waals surface area contributed by atoms with Crippen LogP contribution in [0.3, 0.4) is 0 Å². The molecular formula is C20H33N5O2. The summed E-state index contributed by atoms with van der Waals surface area (Å²) in [4.78, 5) is 7.40. The first-order chi connectivity index (χ1) is 13.0. The summed E-state index contributed by atoms with van der Waals surface area (Å²) in [6, 6.07) is 5.86. The second-order valence-electron chi connectivity index (χ2n) is 6.26. The van der Waals surface area contributed by atoms with Gasteiger partial charge < -0.3 is 20.6 Å². The lowest BCUT2D eigenvalue weighted by Crippen LogP contribution is -2.27. The van der Waals surface area contributed by atoms with E-state index in [1.807, 2.05) is 31.3 Å². The Hall–Kier alpha value is -2.54. The van der Waals surface area contributed by atoms with E-state index in [0.717, 1.165) is 48.0 Å². The van der Waals surface area contributed by atoms with Gasteiger partial charge in [-0.25, -0.2) is 5.43 Å². The molecule has 7 nitrogen and oxygen atoms in total. The van der Waals surface area contributed by atoms with Crippen molar-refractivity contribution in [2.75, 3.05) is 13.7 Å². The maximum absolute atomic E-state index is 8.36. The molecule has 150 valence electrons. The van der Waals surface area contributed by atoms with Crippen LogP contribution in [0.15, 0.2) is 34.5 Å². The number of hydrogen-bond donors (Lipinski definition) is 4. The third-order valence-electron chi connectivity index (χ3n) is 3.94. The van der Waals surface area contributed by atoms with Crippen LogP contribution in [0.1, 0.15) is 52.0 Å². The van der Waals surface area contributed by atoms with Gasteiger partial charge in [-0.05, 0) is 38.0 Å².